The summed E-state index contributed by atoms with van der Waals surface area (Å²) in [5.41, 5.74) is 7.59. The molecule has 5 nitrogen and oxygen atoms in total. The minimum Gasteiger partial charge on any atom is -0.336 e. The Labute approximate surface area is 155 Å². The minimum absolute atomic E-state index is 0. The van der Waals surface area contributed by atoms with Crippen LogP contribution in [0.3, 0.4) is 0 Å². The molecule has 0 aliphatic heterocycles. The highest BCUT2D eigenvalue weighted by Crippen LogP contribution is 2.14. The van der Waals surface area contributed by atoms with E-state index in [0.717, 1.165) is 17.0 Å². The van der Waals surface area contributed by atoms with E-state index in [1.54, 1.807) is 23.6 Å². The van der Waals surface area contributed by atoms with Crippen LogP contribution in [0, 0.1) is 0 Å². The molecule has 1 rings (SSSR count). The van der Waals surface area contributed by atoms with E-state index in [-0.39, 0.29) is 30.3 Å². The summed E-state index contributed by atoms with van der Waals surface area (Å²) in [5.74, 6) is 0.750. The molecule has 0 aromatic heterocycles. The number of carbonyl (C=O) groups is 2. The molecule has 0 aliphatic carbocycles. The third-order valence-electron chi connectivity index (χ3n) is 3.57. The highest BCUT2D eigenvalue weighted by Gasteiger charge is 2.14. The number of anilines is 1. The number of nitrogens with two attached hydrogens (primary N) is 1. The van der Waals surface area contributed by atoms with E-state index in [4.69, 9.17) is 5.73 Å². The Bertz CT molecular complexity index is 523. The second kappa shape index (κ2) is 11.3. The molecule has 0 spiro atoms. The lowest BCUT2D eigenvalue weighted by atomic mass is 10.1. The van der Waals surface area contributed by atoms with Gasteiger partial charge in [-0.3, -0.25) is 9.59 Å². The van der Waals surface area contributed by atoms with Crippen LogP contribution in [0.15, 0.2) is 24.3 Å². The van der Waals surface area contributed by atoms with Crippen molar-refractivity contribution in [3.8, 4) is 0 Å². The van der Waals surface area contributed by atoms with Gasteiger partial charge in [0.2, 0.25) is 11.8 Å². The third-order valence-corrected chi connectivity index (χ3v) is 4.22. The van der Waals surface area contributed by atoms with Crippen molar-refractivity contribution < 1.29 is 9.59 Å². The lowest BCUT2D eigenvalue weighted by Crippen LogP contribution is -2.36. The number of thioether (sulfide) groups is 1. The molecular weight excluding hydrogens is 346 g/mol. The minimum atomic E-state index is -0.490. The Morgan fingerprint density at radius 2 is 1.83 bits per heavy atom. The van der Waals surface area contributed by atoms with Crippen LogP contribution in [0.25, 0.3) is 0 Å². The summed E-state index contributed by atoms with van der Waals surface area (Å²) in [6.45, 7) is 6.12. The largest absolute Gasteiger partial charge is 0.336 e. The lowest BCUT2D eigenvalue weighted by Gasteiger charge is -2.25. The molecule has 2 amide bonds. The molecule has 24 heavy (non-hydrogen) atoms. The molecule has 0 radical (unpaired) electrons. The van der Waals surface area contributed by atoms with Crippen LogP contribution in [-0.2, 0) is 16.1 Å². The first-order valence-electron chi connectivity index (χ1n) is 7.76. The Kier molecular flexibility index (Phi) is 10.8. The van der Waals surface area contributed by atoms with Gasteiger partial charge in [-0.1, -0.05) is 12.1 Å². The monoisotopic (exact) mass is 373 g/mol. The molecule has 0 saturated carbocycles. The summed E-state index contributed by atoms with van der Waals surface area (Å²) in [7, 11) is 0. The van der Waals surface area contributed by atoms with Gasteiger partial charge in [-0.25, -0.2) is 0 Å². The maximum atomic E-state index is 12.0. The Morgan fingerprint density at radius 1 is 1.25 bits per heavy atom. The molecule has 1 atom stereocenters. The first-order chi connectivity index (χ1) is 10.8. The van der Waals surface area contributed by atoms with Crippen molar-refractivity contribution in [2.75, 3.05) is 17.3 Å². The predicted molar refractivity (Wildman–Crippen MR) is 105 cm³/mol. The van der Waals surface area contributed by atoms with Gasteiger partial charge in [0.05, 0.1) is 6.04 Å². The Balaban J connectivity index is 0.00000529. The van der Waals surface area contributed by atoms with Crippen LogP contribution < -0.4 is 11.1 Å². The number of hydrogen-bond acceptors (Lipinski definition) is 4. The van der Waals surface area contributed by atoms with Crippen LogP contribution in [0.1, 0.15) is 32.8 Å². The molecular formula is C17H28ClN3O2S. The van der Waals surface area contributed by atoms with E-state index in [2.05, 4.69) is 5.32 Å². The van der Waals surface area contributed by atoms with Gasteiger partial charge in [-0.05, 0) is 50.0 Å². The molecule has 0 unspecified atom stereocenters. The fourth-order valence-corrected chi connectivity index (χ4v) is 2.65. The van der Waals surface area contributed by atoms with Crippen LogP contribution in [0.5, 0.6) is 0 Å². The highest BCUT2D eigenvalue weighted by molar-refractivity contribution is 7.98. The second-order valence-corrected chi connectivity index (χ2v) is 6.80. The van der Waals surface area contributed by atoms with Gasteiger partial charge in [-0.2, -0.15) is 11.8 Å². The van der Waals surface area contributed by atoms with E-state index >= 15 is 0 Å². The van der Waals surface area contributed by atoms with Crippen LogP contribution in [-0.4, -0.2) is 40.8 Å². The van der Waals surface area contributed by atoms with Crippen molar-refractivity contribution in [2.45, 2.75) is 45.8 Å². The van der Waals surface area contributed by atoms with E-state index in [1.807, 2.05) is 44.4 Å². The van der Waals surface area contributed by atoms with Crippen molar-refractivity contribution >= 4 is 41.7 Å². The molecule has 1 aromatic carbocycles. The third kappa shape index (κ3) is 7.55. The number of hydrogen-bond donors (Lipinski definition) is 2. The molecule has 7 heteroatoms. The fourth-order valence-electron chi connectivity index (χ4n) is 2.16. The standard InChI is InChI=1S/C17H27N3O2S.ClH/c1-12(2)20(13(3)21)11-14-5-7-15(8-6-14)19-17(22)16(18)9-10-23-4;/h5-8,12,16H,9-11,18H2,1-4H3,(H,19,22);1H/t16-;/m0./s1. The quantitative estimate of drug-likeness (QED) is 0.734. The topological polar surface area (TPSA) is 75.4 Å². The van der Waals surface area contributed by atoms with Crippen molar-refractivity contribution in [2.24, 2.45) is 5.73 Å². The number of halogens is 1. The van der Waals surface area contributed by atoms with Crippen molar-refractivity contribution in [1.82, 2.24) is 4.90 Å². The Morgan fingerprint density at radius 3 is 2.29 bits per heavy atom. The van der Waals surface area contributed by atoms with Crippen molar-refractivity contribution in [3.63, 3.8) is 0 Å². The van der Waals surface area contributed by atoms with Gasteiger partial charge < -0.3 is 16.0 Å². The zero-order chi connectivity index (χ0) is 17.4. The van der Waals surface area contributed by atoms with Crippen molar-refractivity contribution in [3.05, 3.63) is 29.8 Å². The van der Waals surface area contributed by atoms with Crippen molar-refractivity contribution in [1.29, 1.82) is 0 Å². The van der Waals surface area contributed by atoms with Crippen LogP contribution in [0.4, 0.5) is 5.69 Å². The van der Waals surface area contributed by atoms with E-state index in [0.29, 0.717) is 13.0 Å². The smallest absolute Gasteiger partial charge is 0.241 e. The van der Waals surface area contributed by atoms with Gasteiger partial charge in [0.25, 0.3) is 0 Å². The van der Waals surface area contributed by atoms with Gasteiger partial charge >= 0.3 is 0 Å². The first-order valence-corrected chi connectivity index (χ1v) is 9.16. The van der Waals surface area contributed by atoms with Gasteiger partial charge in [0.15, 0.2) is 0 Å². The molecule has 0 saturated heterocycles. The summed E-state index contributed by atoms with van der Waals surface area (Å²) >= 11 is 1.67. The van der Waals surface area contributed by atoms with Crippen LogP contribution in [0.2, 0.25) is 0 Å². The number of nitrogens with zero attached hydrogens (tertiary/aromatic N) is 1. The normalized spacial score (nSPS) is 11.6. The summed E-state index contributed by atoms with van der Waals surface area (Å²) in [4.78, 5) is 25.4. The van der Waals surface area contributed by atoms with Gasteiger partial charge in [-0.15, -0.1) is 12.4 Å². The average Bonchev–Trinajstić information content (AvgIpc) is 2.50. The summed E-state index contributed by atoms with van der Waals surface area (Å²) in [5, 5.41) is 2.82. The zero-order valence-electron chi connectivity index (χ0n) is 14.7. The maximum absolute atomic E-state index is 12.0. The molecule has 136 valence electrons. The molecule has 0 heterocycles. The maximum Gasteiger partial charge on any atom is 0.241 e. The lowest BCUT2D eigenvalue weighted by molar-refractivity contribution is -0.131. The number of nitrogens with one attached hydrogen (secondary N) is 1. The van der Waals surface area contributed by atoms with E-state index in [9.17, 15) is 9.59 Å². The van der Waals surface area contributed by atoms with Gasteiger partial charge in [0, 0.05) is 25.2 Å². The molecule has 0 bridgehead atoms. The van der Waals surface area contributed by atoms with Crippen LogP contribution >= 0.6 is 24.2 Å². The first kappa shape index (κ1) is 22.8. The molecule has 1 aromatic rings. The molecule has 0 fully saturated rings. The second-order valence-electron chi connectivity index (χ2n) is 5.81. The number of amides is 2. The van der Waals surface area contributed by atoms with Gasteiger partial charge in [0.1, 0.15) is 0 Å². The average molecular weight is 374 g/mol. The highest BCUT2D eigenvalue weighted by atomic mass is 35.5. The number of rotatable bonds is 8. The molecule has 3 N–H and O–H groups in total. The molecule has 0 aliphatic rings. The summed E-state index contributed by atoms with van der Waals surface area (Å²) < 4.78 is 0. The van der Waals surface area contributed by atoms with E-state index < -0.39 is 6.04 Å². The summed E-state index contributed by atoms with van der Waals surface area (Å²) in [6, 6.07) is 7.18. The fraction of sp³-hybridized carbons (Fsp3) is 0.529. The number of carbonyl (C=O) groups excluding carboxylic acids is 2. The number of benzene rings is 1. The SMILES string of the molecule is CSCC[C@H](N)C(=O)Nc1ccc(CN(C(C)=O)C(C)C)cc1.Cl. The van der Waals surface area contributed by atoms with E-state index in [1.165, 1.54) is 0 Å². The zero-order valence-corrected chi connectivity index (χ0v) is 16.4. The summed E-state index contributed by atoms with van der Waals surface area (Å²) in [6.07, 6.45) is 2.65. The Hall–Kier alpha value is -1.24. The predicted octanol–water partition coefficient (Wildman–Crippen LogP) is 2.88.